The predicted molar refractivity (Wildman–Crippen MR) is 39.8 cm³/mol. The quantitative estimate of drug-likeness (QED) is 0.284. The molecule has 0 heterocycles. The molecular weight excluding hydrogens is 195 g/mol. The standard InChI is InChI=1S/Na.H4O4Si.5H2O.H/c;1-5(2,3)4;;;;;;/h;1-4H;5*1H2;. The van der Waals surface area contributed by atoms with Crippen LogP contribution in [0.2, 0.25) is 0 Å². The van der Waals surface area contributed by atoms with E-state index in [1.165, 1.54) is 0 Å². The van der Waals surface area contributed by atoms with E-state index in [9.17, 15) is 0 Å². The third-order valence-corrected chi connectivity index (χ3v) is 0. The van der Waals surface area contributed by atoms with Gasteiger partial charge in [0.25, 0.3) is 0 Å². The number of hydrogen-bond donors (Lipinski definition) is 4. The maximum atomic E-state index is 7.33. The molecule has 0 bridgehead atoms. The van der Waals surface area contributed by atoms with Gasteiger partial charge in [-0.15, -0.1) is 0 Å². The van der Waals surface area contributed by atoms with Gasteiger partial charge in [-0.05, 0) is 0 Å². The Morgan fingerprint density at radius 1 is 0.545 bits per heavy atom. The normalized spacial score (nSPS) is 5.45. The summed E-state index contributed by atoms with van der Waals surface area (Å²) in [5, 5.41) is 0. The first kappa shape index (κ1) is 59.2. The maximum absolute atomic E-state index is 7.33. The fraction of sp³-hybridized carbons (Fsp3) is 0. The van der Waals surface area contributed by atoms with Crippen LogP contribution in [0.25, 0.3) is 0 Å². The summed E-state index contributed by atoms with van der Waals surface area (Å²) in [5.74, 6) is 0. The molecule has 0 aliphatic carbocycles. The molecule has 0 unspecified atom stereocenters. The molecule has 0 amide bonds. The van der Waals surface area contributed by atoms with E-state index in [-0.39, 0.29) is 56.9 Å². The zero-order valence-corrected chi connectivity index (χ0v) is 5.79. The molecule has 0 aromatic heterocycles. The van der Waals surface area contributed by atoms with E-state index in [0.29, 0.717) is 0 Å². The third kappa shape index (κ3) is 1160. The van der Waals surface area contributed by atoms with E-state index in [2.05, 4.69) is 0 Å². The van der Waals surface area contributed by atoms with E-state index >= 15 is 0 Å². The molecule has 0 aromatic rings. The van der Waals surface area contributed by atoms with Crippen LogP contribution in [0.1, 0.15) is 0 Å². The fourth-order valence-electron chi connectivity index (χ4n) is 0. The van der Waals surface area contributed by atoms with Crippen molar-refractivity contribution in [1.29, 1.82) is 0 Å². The molecule has 0 spiro atoms. The van der Waals surface area contributed by atoms with E-state index < -0.39 is 9.05 Å². The van der Waals surface area contributed by atoms with E-state index in [1.54, 1.807) is 0 Å². The van der Waals surface area contributed by atoms with Crippen LogP contribution in [-0.2, 0) is 0 Å². The number of rotatable bonds is 0. The van der Waals surface area contributed by atoms with Gasteiger partial charge in [-0.2, -0.15) is 0 Å². The van der Waals surface area contributed by atoms with Crippen LogP contribution < -0.4 is 0 Å². The summed E-state index contributed by atoms with van der Waals surface area (Å²) in [6, 6.07) is 0. The van der Waals surface area contributed by atoms with Crippen molar-refractivity contribution in [2.75, 3.05) is 0 Å². The van der Waals surface area contributed by atoms with Crippen LogP contribution in [0.15, 0.2) is 0 Å². The molecule has 0 aliphatic heterocycles. The predicted octanol–water partition coefficient (Wildman–Crippen LogP) is -7.38. The topological polar surface area (TPSA) is 238 Å². The van der Waals surface area contributed by atoms with Crippen LogP contribution >= 0.6 is 0 Å². The zero-order chi connectivity index (χ0) is 4.50. The Morgan fingerprint density at radius 2 is 0.545 bits per heavy atom. The second-order valence-electron chi connectivity index (χ2n) is 0.600. The van der Waals surface area contributed by atoms with Crippen molar-refractivity contribution in [3.63, 3.8) is 0 Å². The van der Waals surface area contributed by atoms with Gasteiger partial charge in [-0.3, -0.25) is 0 Å². The molecule has 74 valence electrons. The summed E-state index contributed by atoms with van der Waals surface area (Å²) < 4.78 is 0. The van der Waals surface area contributed by atoms with Crippen molar-refractivity contribution < 1.29 is 46.6 Å². The van der Waals surface area contributed by atoms with Gasteiger partial charge >= 0.3 is 38.6 Å². The molecule has 0 rings (SSSR count). The van der Waals surface area contributed by atoms with Gasteiger partial charge in [0.05, 0.1) is 0 Å². The first-order chi connectivity index (χ1) is 2.00. The van der Waals surface area contributed by atoms with Crippen molar-refractivity contribution in [2.45, 2.75) is 0 Å². The molecule has 9 nitrogen and oxygen atoms in total. The molecule has 14 N–H and O–H groups in total. The second kappa shape index (κ2) is 22.4. The van der Waals surface area contributed by atoms with Gasteiger partial charge in [0, 0.05) is 0 Å². The van der Waals surface area contributed by atoms with E-state index in [1.807, 2.05) is 0 Å². The van der Waals surface area contributed by atoms with Crippen molar-refractivity contribution >= 4 is 38.6 Å². The Balaban J connectivity index is -0.00000000533. The Bertz CT molecular complexity index is 25.0. The van der Waals surface area contributed by atoms with Crippen LogP contribution in [0.5, 0.6) is 0 Å². The van der Waals surface area contributed by atoms with Gasteiger partial charge in [-0.25, -0.2) is 0 Å². The Morgan fingerprint density at radius 3 is 0.545 bits per heavy atom. The van der Waals surface area contributed by atoms with Crippen LogP contribution in [0.4, 0.5) is 0 Å². The van der Waals surface area contributed by atoms with Crippen LogP contribution in [0.3, 0.4) is 0 Å². The van der Waals surface area contributed by atoms with Crippen LogP contribution in [0, 0.1) is 0 Å². The molecule has 11 heteroatoms. The van der Waals surface area contributed by atoms with E-state index in [4.69, 9.17) is 19.2 Å². The van der Waals surface area contributed by atoms with Gasteiger partial charge < -0.3 is 46.6 Å². The molecule has 0 aliphatic rings. The minimum absolute atomic E-state index is 0. The molecule has 0 saturated carbocycles. The SMILES string of the molecule is O.O.O.O.O.O[Si](O)(O)O.[NaH]. The first-order valence-corrected chi connectivity index (χ1v) is 2.68. The molecule has 0 fully saturated rings. The summed E-state index contributed by atoms with van der Waals surface area (Å²) >= 11 is 0. The Labute approximate surface area is 85.2 Å². The van der Waals surface area contributed by atoms with Crippen molar-refractivity contribution in [3.05, 3.63) is 0 Å². The van der Waals surface area contributed by atoms with E-state index in [0.717, 1.165) is 0 Å². The van der Waals surface area contributed by atoms with Gasteiger partial charge in [-0.1, -0.05) is 0 Å². The van der Waals surface area contributed by atoms with Gasteiger partial charge in [0.15, 0.2) is 0 Å². The van der Waals surface area contributed by atoms with Gasteiger partial charge in [0.2, 0.25) is 0 Å². The van der Waals surface area contributed by atoms with Crippen molar-refractivity contribution in [2.24, 2.45) is 0 Å². The van der Waals surface area contributed by atoms with Crippen molar-refractivity contribution in [3.8, 4) is 0 Å². The molecule has 11 heavy (non-hydrogen) atoms. The minimum atomic E-state index is -4.61. The summed E-state index contributed by atoms with van der Waals surface area (Å²) in [7, 11) is -4.61. The molecule has 0 atom stereocenters. The Hall–Kier alpha value is 0.857. The Kier molecular flexibility index (Phi) is 121. The average Bonchev–Trinajstić information content (AvgIpc) is 0.722. The fourth-order valence-corrected chi connectivity index (χ4v) is 0. The summed E-state index contributed by atoms with van der Waals surface area (Å²) in [6.07, 6.45) is 0. The van der Waals surface area contributed by atoms with Crippen LogP contribution in [-0.4, -0.2) is 85.2 Å². The third-order valence-electron chi connectivity index (χ3n) is 0. The second-order valence-corrected chi connectivity index (χ2v) is 1.80. The monoisotopic (exact) mass is 210 g/mol. The zero-order valence-electron chi connectivity index (χ0n) is 4.79. The molecule has 0 aromatic carbocycles. The molecule has 0 radical (unpaired) electrons. The summed E-state index contributed by atoms with van der Waals surface area (Å²) in [6.45, 7) is 0. The molecule has 0 saturated heterocycles. The molecular formula is H15NaO9Si. The summed E-state index contributed by atoms with van der Waals surface area (Å²) in [5.41, 5.74) is 0. The summed E-state index contributed by atoms with van der Waals surface area (Å²) in [4.78, 5) is 29.3. The number of hydrogen-bond acceptors (Lipinski definition) is 4. The van der Waals surface area contributed by atoms with Gasteiger partial charge in [0.1, 0.15) is 0 Å². The average molecular weight is 210 g/mol. The van der Waals surface area contributed by atoms with Crippen molar-refractivity contribution in [1.82, 2.24) is 0 Å². The first-order valence-electron chi connectivity index (χ1n) is 0.894.